The van der Waals surface area contributed by atoms with Gasteiger partial charge in [-0.15, -0.1) is 0 Å². The molecule has 27 heavy (non-hydrogen) atoms. The van der Waals surface area contributed by atoms with E-state index in [9.17, 15) is 0 Å². The average molecular weight is 379 g/mol. The first-order chi connectivity index (χ1) is 13.2. The average Bonchev–Trinajstić information content (AvgIpc) is 2.71. The summed E-state index contributed by atoms with van der Waals surface area (Å²) in [6.45, 7) is 5.07. The molecule has 3 aromatic rings. The minimum atomic E-state index is -2.20. The monoisotopic (exact) mass is 378 g/mol. The summed E-state index contributed by atoms with van der Waals surface area (Å²) in [6.07, 6.45) is 0. The van der Waals surface area contributed by atoms with Gasteiger partial charge in [0.05, 0.1) is 0 Å². The molecule has 3 heteroatoms. The quantitative estimate of drug-likeness (QED) is 0.611. The zero-order chi connectivity index (χ0) is 19.1. The van der Waals surface area contributed by atoms with Gasteiger partial charge in [0.25, 0.3) is 0 Å². The van der Waals surface area contributed by atoms with Crippen molar-refractivity contribution in [2.24, 2.45) is 5.73 Å². The van der Waals surface area contributed by atoms with Crippen molar-refractivity contribution < 1.29 is 0 Å². The van der Waals surface area contributed by atoms with Crippen molar-refractivity contribution in [2.45, 2.75) is 12.6 Å². The van der Waals surface area contributed by atoms with Crippen LogP contribution >= 0.6 is 7.26 Å². The van der Waals surface area contributed by atoms with Crippen LogP contribution in [0.5, 0.6) is 0 Å². The normalized spacial score (nSPS) is 13.5. The van der Waals surface area contributed by atoms with Crippen molar-refractivity contribution in [3.63, 3.8) is 0 Å². The molecule has 1 atom stereocenters. The number of likely N-dealkylation sites (N-methyl/N-ethyl adjacent to an activating group) is 1. The van der Waals surface area contributed by atoms with Gasteiger partial charge in [-0.3, -0.25) is 0 Å². The Morgan fingerprint density at radius 1 is 0.741 bits per heavy atom. The van der Waals surface area contributed by atoms with Crippen LogP contribution in [-0.4, -0.2) is 37.2 Å². The van der Waals surface area contributed by atoms with Gasteiger partial charge in [-0.2, -0.15) is 0 Å². The molecular formula is C24H31N2P. The summed E-state index contributed by atoms with van der Waals surface area (Å²) in [7, 11) is -0.0175. The number of hydrogen-bond acceptors (Lipinski definition) is 2. The van der Waals surface area contributed by atoms with Crippen LogP contribution in [0.4, 0.5) is 0 Å². The second-order valence-corrected chi connectivity index (χ2v) is 11.7. The van der Waals surface area contributed by atoms with E-state index in [0.29, 0.717) is 12.2 Å². The third-order valence-corrected chi connectivity index (χ3v) is 10.9. The molecule has 2 N–H and O–H groups in total. The van der Waals surface area contributed by atoms with Crippen molar-refractivity contribution >= 4 is 23.2 Å². The number of nitrogens with two attached hydrogens (primary N) is 1. The van der Waals surface area contributed by atoms with Gasteiger partial charge in [0.1, 0.15) is 0 Å². The second-order valence-electron chi connectivity index (χ2n) is 7.36. The van der Waals surface area contributed by atoms with Crippen molar-refractivity contribution in [1.29, 1.82) is 0 Å². The van der Waals surface area contributed by atoms with Crippen LogP contribution in [0, 0.1) is 0 Å². The fourth-order valence-corrected chi connectivity index (χ4v) is 9.82. The molecule has 0 heterocycles. The molecule has 3 aromatic carbocycles. The van der Waals surface area contributed by atoms with Crippen LogP contribution in [0.15, 0.2) is 91.0 Å². The first kappa shape index (κ1) is 19.8. The Bertz CT molecular complexity index is 709. The Morgan fingerprint density at radius 3 is 1.44 bits per heavy atom. The van der Waals surface area contributed by atoms with Crippen molar-refractivity contribution in [3.05, 3.63) is 91.0 Å². The summed E-state index contributed by atoms with van der Waals surface area (Å²) in [5.74, 6) is 0. The van der Waals surface area contributed by atoms with Gasteiger partial charge in [0.15, 0.2) is 0 Å². The van der Waals surface area contributed by atoms with Crippen LogP contribution in [0.25, 0.3) is 0 Å². The maximum atomic E-state index is 5.82. The van der Waals surface area contributed by atoms with Crippen LogP contribution in [0.3, 0.4) is 0 Å². The molecule has 0 bridgehead atoms. The molecule has 0 aromatic heterocycles. The van der Waals surface area contributed by atoms with Gasteiger partial charge in [-0.25, -0.2) is 0 Å². The Kier molecular flexibility index (Phi) is 6.79. The van der Waals surface area contributed by atoms with E-state index in [-0.39, 0.29) is 0 Å². The minimum absolute atomic E-state index is 0.501. The molecule has 0 fully saturated rings. The van der Waals surface area contributed by atoms with E-state index in [2.05, 4.69) is 110 Å². The van der Waals surface area contributed by atoms with Crippen molar-refractivity contribution in [1.82, 2.24) is 4.90 Å². The summed E-state index contributed by atoms with van der Waals surface area (Å²) in [4.78, 5) is 2.38. The molecule has 3 rings (SSSR count). The van der Waals surface area contributed by atoms with Gasteiger partial charge in [-0.1, -0.05) is 0 Å². The molecule has 1 unspecified atom stereocenters. The van der Waals surface area contributed by atoms with E-state index in [1.807, 2.05) is 0 Å². The fraction of sp³-hybridized carbons (Fsp3) is 0.250. The fourth-order valence-electron chi connectivity index (χ4n) is 4.37. The van der Waals surface area contributed by atoms with E-state index in [1.54, 1.807) is 0 Å². The molecule has 2 nitrogen and oxygen atoms in total. The predicted molar refractivity (Wildman–Crippen MR) is 123 cm³/mol. The van der Waals surface area contributed by atoms with Crippen molar-refractivity contribution in [3.8, 4) is 0 Å². The van der Waals surface area contributed by atoms with E-state index in [0.717, 1.165) is 13.1 Å². The van der Waals surface area contributed by atoms with Crippen LogP contribution in [-0.2, 0) is 0 Å². The van der Waals surface area contributed by atoms with Crippen molar-refractivity contribution in [2.75, 3.05) is 26.7 Å². The molecule has 0 saturated carbocycles. The molecule has 0 aliphatic rings. The summed E-state index contributed by atoms with van der Waals surface area (Å²) in [5.41, 5.74) is 6.32. The zero-order valence-electron chi connectivity index (χ0n) is 16.4. The molecule has 0 saturated heterocycles. The van der Waals surface area contributed by atoms with Crippen LogP contribution in [0.2, 0.25) is 0 Å². The molecule has 0 spiro atoms. The van der Waals surface area contributed by atoms with Gasteiger partial charge in [0.2, 0.25) is 0 Å². The molecule has 0 radical (unpaired) electrons. The third-order valence-electron chi connectivity index (χ3n) is 5.52. The Labute approximate surface area is 164 Å². The molecule has 0 amide bonds. The van der Waals surface area contributed by atoms with E-state index < -0.39 is 7.26 Å². The number of hydrogen-bond donors (Lipinski definition) is 1. The third kappa shape index (κ3) is 4.14. The topological polar surface area (TPSA) is 29.3 Å². The number of rotatable bonds is 8. The Hall–Kier alpha value is -1.99. The number of nitrogens with zero attached hydrogens (tertiary/aromatic N) is 1. The van der Waals surface area contributed by atoms with Crippen LogP contribution in [0.1, 0.15) is 6.92 Å². The molecule has 0 aliphatic carbocycles. The maximum absolute atomic E-state index is 5.82. The Morgan fingerprint density at radius 2 is 1.11 bits per heavy atom. The molecule has 0 aliphatic heterocycles. The SMILES string of the molecule is CC(CN(C)CCN)[PH](c1ccccc1)(c1ccccc1)c1ccccc1. The van der Waals surface area contributed by atoms with E-state index in [4.69, 9.17) is 5.73 Å². The van der Waals surface area contributed by atoms with Gasteiger partial charge < -0.3 is 0 Å². The standard InChI is InChI=1S/C24H31N2P/c1-21(20-26(2)19-18-25)27(22-12-6-3-7-13-22,23-14-8-4-9-15-23)24-16-10-5-11-17-24/h3-17,21,27H,18-20,25H2,1-2H3. The first-order valence-electron chi connectivity index (χ1n) is 9.74. The first-order valence-corrected chi connectivity index (χ1v) is 11.8. The Balaban J connectivity index is 2.23. The zero-order valence-corrected chi connectivity index (χ0v) is 17.4. The van der Waals surface area contributed by atoms with Gasteiger partial charge in [-0.05, 0) is 0 Å². The summed E-state index contributed by atoms with van der Waals surface area (Å²) in [6, 6.07) is 33.4. The number of benzene rings is 3. The molecule has 142 valence electrons. The molecular weight excluding hydrogens is 347 g/mol. The predicted octanol–water partition coefficient (Wildman–Crippen LogP) is 2.99. The van der Waals surface area contributed by atoms with E-state index in [1.165, 1.54) is 15.9 Å². The second kappa shape index (κ2) is 9.28. The van der Waals surface area contributed by atoms with Gasteiger partial charge >= 0.3 is 164 Å². The summed E-state index contributed by atoms with van der Waals surface area (Å²) in [5, 5.41) is 4.41. The van der Waals surface area contributed by atoms with Gasteiger partial charge in [0, 0.05) is 0 Å². The summed E-state index contributed by atoms with van der Waals surface area (Å²) < 4.78 is 0. The van der Waals surface area contributed by atoms with E-state index >= 15 is 0 Å². The summed E-state index contributed by atoms with van der Waals surface area (Å²) >= 11 is 0. The van der Waals surface area contributed by atoms with Crippen LogP contribution < -0.4 is 21.6 Å².